The van der Waals surface area contributed by atoms with Gasteiger partial charge in [0, 0.05) is 38.2 Å². The number of ketones is 1. The highest BCUT2D eigenvalue weighted by Gasteiger charge is 2.24. The number of nitrogens with one attached hydrogen (secondary N) is 1. The number of hydrogen-bond acceptors (Lipinski definition) is 13. The maximum atomic E-state index is 13.5. The summed E-state index contributed by atoms with van der Waals surface area (Å²) in [5.74, 6) is 1.31. The Labute approximate surface area is 353 Å². The Balaban J connectivity index is 0.000000184. The number of amides is 1. The van der Waals surface area contributed by atoms with Crippen molar-refractivity contribution in [3.05, 3.63) is 129 Å². The lowest BCUT2D eigenvalue weighted by molar-refractivity contribution is 0.0988. The molecule has 0 atom stereocenters. The first-order valence-corrected chi connectivity index (χ1v) is 19.9. The Kier molecular flexibility index (Phi) is 12.7. The Morgan fingerprint density at radius 1 is 0.754 bits per heavy atom. The number of rotatable bonds is 10. The molecule has 2 aliphatic heterocycles. The maximum absolute atomic E-state index is 13.5. The van der Waals surface area contributed by atoms with Gasteiger partial charge in [-0.25, -0.2) is 9.37 Å². The molecule has 314 valence electrons. The zero-order valence-electron chi connectivity index (χ0n) is 35.3. The van der Waals surface area contributed by atoms with Crippen molar-refractivity contribution in [2.45, 2.75) is 47.0 Å². The molecule has 5 heterocycles. The first kappa shape index (κ1) is 42.0. The summed E-state index contributed by atoms with van der Waals surface area (Å²) in [5, 5.41) is 27.3. The number of Topliss-reactive ketones (excluding diaryl/α,β-unsaturated/α-hetero) is 1. The van der Waals surface area contributed by atoms with Crippen molar-refractivity contribution in [2.75, 3.05) is 48.4 Å². The van der Waals surface area contributed by atoms with Crippen molar-refractivity contribution in [1.29, 1.82) is 0 Å². The zero-order valence-corrected chi connectivity index (χ0v) is 35.3. The summed E-state index contributed by atoms with van der Waals surface area (Å²) in [6.45, 7) is 11.0. The highest BCUT2D eigenvalue weighted by molar-refractivity contribution is 6.04. The van der Waals surface area contributed by atoms with Gasteiger partial charge in [0.05, 0.1) is 44.9 Å². The molecule has 1 amide bonds. The van der Waals surface area contributed by atoms with Gasteiger partial charge in [0.2, 0.25) is 0 Å². The number of nitrogens with zero attached hydrogens (tertiary/aromatic N) is 12. The molecule has 0 radical (unpaired) electrons. The molecule has 3 aromatic heterocycles. The van der Waals surface area contributed by atoms with E-state index in [1.54, 1.807) is 40.4 Å². The first-order valence-electron chi connectivity index (χ1n) is 19.9. The van der Waals surface area contributed by atoms with Crippen LogP contribution in [-0.4, -0.2) is 95.4 Å². The highest BCUT2D eigenvalue weighted by Crippen LogP contribution is 2.30. The van der Waals surface area contributed by atoms with Crippen LogP contribution >= 0.6 is 0 Å². The Bertz CT molecular complexity index is 2600. The number of carbonyl (C=O) groups excluding carboxylic acids is 2. The van der Waals surface area contributed by atoms with E-state index in [4.69, 9.17) is 4.74 Å². The van der Waals surface area contributed by atoms with Gasteiger partial charge in [0.1, 0.15) is 11.6 Å². The van der Waals surface area contributed by atoms with Crippen LogP contribution in [0, 0.1) is 19.7 Å². The second-order valence-corrected chi connectivity index (χ2v) is 15.3. The van der Waals surface area contributed by atoms with E-state index in [-0.39, 0.29) is 11.3 Å². The van der Waals surface area contributed by atoms with Crippen LogP contribution < -0.4 is 19.9 Å². The third-order valence-electron chi connectivity index (χ3n) is 10.6. The van der Waals surface area contributed by atoms with Crippen LogP contribution in [-0.2, 0) is 20.5 Å². The van der Waals surface area contributed by atoms with Gasteiger partial charge in [-0.2, -0.15) is 9.59 Å². The third-order valence-corrected chi connectivity index (χ3v) is 10.6. The van der Waals surface area contributed by atoms with Gasteiger partial charge in [-0.3, -0.25) is 14.6 Å². The minimum Gasteiger partial charge on any atom is -0.496 e. The van der Waals surface area contributed by atoms with E-state index in [0.717, 1.165) is 60.4 Å². The lowest BCUT2D eigenvalue weighted by atomic mass is 9.93. The normalized spacial score (nSPS) is 14.2. The third kappa shape index (κ3) is 10.2. The van der Waals surface area contributed by atoms with E-state index >= 15 is 0 Å². The van der Waals surface area contributed by atoms with Gasteiger partial charge in [-0.1, -0.05) is 57.2 Å². The van der Waals surface area contributed by atoms with Crippen LogP contribution in [0.4, 0.5) is 22.1 Å². The Hall–Kier alpha value is -7.17. The second-order valence-electron chi connectivity index (χ2n) is 15.3. The molecular formula is C44H48FN13O3. The Morgan fingerprint density at radius 2 is 1.39 bits per heavy atom. The number of carbonyl (C=O) groups is 2. The minimum absolute atomic E-state index is 0.0567. The molecule has 8 rings (SSSR count). The Morgan fingerprint density at radius 3 is 1.97 bits per heavy atom. The summed E-state index contributed by atoms with van der Waals surface area (Å²) in [6.07, 6.45) is 5.28. The molecule has 6 aromatic rings. The molecule has 0 unspecified atom stereocenters. The molecule has 0 fully saturated rings. The summed E-state index contributed by atoms with van der Waals surface area (Å²) in [7, 11) is 5.09. The number of ether oxygens (including phenoxy) is 1. The number of tetrazole rings is 2. The van der Waals surface area contributed by atoms with Crippen molar-refractivity contribution < 1.29 is 18.7 Å². The number of aromatic nitrogens is 10. The number of aryl methyl sites for hydroxylation is 4. The number of halogens is 1. The van der Waals surface area contributed by atoms with Crippen LogP contribution in [0.5, 0.6) is 5.75 Å². The lowest BCUT2D eigenvalue weighted by Crippen LogP contribution is -2.32. The summed E-state index contributed by atoms with van der Waals surface area (Å²) < 4.78 is 18.9. The van der Waals surface area contributed by atoms with Crippen LogP contribution in [0.1, 0.15) is 75.4 Å². The molecule has 2 aliphatic rings. The van der Waals surface area contributed by atoms with Gasteiger partial charge in [-0.05, 0) is 109 Å². The van der Waals surface area contributed by atoms with Crippen molar-refractivity contribution in [2.24, 2.45) is 14.1 Å². The number of anilines is 3. The summed E-state index contributed by atoms with van der Waals surface area (Å²) in [5.41, 5.74) is 10.3. The first-order chi connectivity index (χ1) is 29.3. The molecule has 17 heteroatoms. The monoisotopic (exact) mass is 825 g/mol. The molecular weight excluding hydrogens is 778 g/mol. The van der Waals surface area contributed by atoms with Crippen LogP contribution in [0.3, 0.4) is 0 Å². The van der Waals surface area contributed by atoms with Crippen LogP contribution in [0.15, 0.2) is 84.2 Å². The van der Waals surface area contributed by atoms with Crippen molar-refractivity contribution in [1.82, 2.24) is 50.4 Å². The van der Waals surface area contributed by atoms with Gasteiger partial charge in [0.25, 0.3) is 17.8 Å². The molecule has 0 bridgehead atoms. The standard InChI is InChI=1S/C24H27N5O2.C20H21FN8O/c1-16-5-10-23(31-4)20(13-16)22(30)14-18-6-8-19(9-7-18)21-15-29(12-11-17(21)2)24-25-27-28(3)26-24;1-12-6-14(8-15(21)7-12)19(30)24-18-10-22-17(9-23-18)16-11-29(5-4-13(16)2)20-25-27-28(3)26-20/h5-10,13H,11-12,14-15H2,1-4H3;6-10H,4-5,11H2,1-3H3,(H,23,24,30). The fourth-order valence-electron chi connectivity index (χ4n) is 7.25. The van der Waals surface area contributed by atoms with Gasteiger partial charge >= 0.3 is 0 Å². The SMILES string of the molecule is CC1=C(c2cnc(NC(=O)c3cc(C)cc(F)c3)cn2)CN(c2nnn(C)n2)CC1.COc1ccc(C)cc1C(=O)Cc1ccc(C2=C(C)CCN(c3nnn(C)n3)C2)cc1. The van der Waals surface area contributed by atoms with Crippen molar-refractivity contribution >= 4 is 40.6 Å². The summed E-state index contributed by atoms with van der Waals surface area (Å²) in [6, 6.07) is 18.1. The van der Waals surface area contributed by atoms with Gasteiger partial charge < -0.3 is 19.9 Å². The highest BCUT2D eigenvalue weighted by atomic mass is 19.1. The molecule has 0 spiro atoms. The zero-order chi connectivity index (χ0) is 43.2. The topological polar surface area (TPSA) is 175 Å². The van der Waals surface area contributed by atoms with E-state index in [1.165, 1.54) is 44.6 Å². The fourth-order valence-corrected chi connectivity index (χ4v) is 7.25. The van der Waals surface area contributed by atoms with Crippen LogP contribution in [0.25, 0.3) is 11.1 Å². The lowest BCUT2D eigenvalue weighted by Gasteiger charge is -2.29. The summed E-state index contributed by atoms with van der Waals surface area (Å²) in [4.78, 5) is 41.1. The van der Waals surface area contributed by atoms with Crippen LogP contribution in [0.2, 0.25) is 0 Å². The number of benzene rings is 3. The average molecular weight is 826 g/mol. The predicted molar refractivity (Wildman–Crippen MR) is 230 cm³/mol. The molecule has 0 saturated heterocycles. The van der Waals surface area contributed by atoms with Gasteiger partial charge in [0.15, 0.2) is 11.6 Å². The average Bonchev–Trinajstić information content (AvgIpc) is 3.89. The molecule has 0 saturated carbocycles. The molecule has 61 heavy (non-hydrogen) atoms. The minimum atomic E-state index is -0.455. The molecule has 0 aliphatic carbocycles. The second kappa shape index (κ2) is 18.4. The molecule has 1 N–H and O–H groups in total. The largest absolute Gasteiger partial charge is 0.496 e. The smallest absolute Gasteiger partial charge is 0.266 e. The predicted octanol–water partition coefficient (Wildman–Crippen LogP) is 6.02. The van der Waals surface area contributed by atoms with E-state index in [2.05, 4.69) is 77.0 Å². The van der Waals surface area contributed by atoms with E-state index in [9.17, 15) is 14.0 Å². The van der Waals surface area contributed by atoms with E-state index in [1.807, 2.05) is 42.2 Å². The fraction of sp³-hybridized carbons (Fsp3) is 0.318. The number of methoxy groups -OCH3 is 1. The molecule has 3 aromatic carbocycles. The molecule has 16 nitrogen and oxygen atoms in total. The van der Waals surface area contributed by atoms with E-state index < -0.39 is 11.7 Å². The quantitative estimate of drug-likeness (QED) is 0.159. The number of hydrogen-bond donors (Lipinski definition) is 1. The van der Waals surface area contributed by atoms with E-state index in [0.29, 0.717) is 47.6 Å². The summed E-state index contributed by atoms with van der Waals surface area (Å²) >= 11 is 0. The van der Waals surface area contributed by atoms with Gasteiger partial charge in [-0.15, -0.1) is 10.2 Å². The van der Waals surface area contributed by atoms with Crippen molar-refractivity contribution in [3.8, 4) is 5.75 Å². The maximum Gasteiger partial charge on any atom is 0.266 e. The van der Waals surface area contributed by atoms with Crippen molar-refractivity contribution in [3.63, 3.8) is 0 Å².